The van der Waals surface area contributed by atoms with Gasteiger partial charge in [-0.05, 0) is 38.5 Å². The van der Waals surface area contributed by atoms with Crippen molar-refractivity contribution in [1.82, 2.24) is 0 Å². The fourth-order valence-corrected chi connectivity index (χ4v) is 6.33. The highest BCUT2D eigenvalue weighted by Crippen LogP contribution is 2.47. The first-order valence-electron chi connectivity index (χ1n) is 18.9. The summed E-state index contributed by atoms with van der Waals surface area (Å²) in [6.07, 6.45) is 17.9. The fourth-order valence-electron chi connectivity index (χ4n) is 5.36. The lowest BCUT2D eigenvalue weighted by Gasteiger charge is -2.41. The summed E-state index contributed by atoms with van der Waals surface area (Å²) in [5.74, 6) is -1.20. The quantitative estimate of drug-likeness (QED) is 0.0236. The Labute approximate surface area is 310 Å². The molecular formula is C38H65O13P. The minimum Gasteiger partial charge on any atom is -0.462 e. The van der Waals surface area contributed by atoms with Crippen molar-refractivity contribution in [3.05, 3.63) is 48.6 Å². The molecule has 0 heterocycles. The number of rotatable bonds is 29. The SMILES string of the molecule is CC/C=C\C/C=C\C/C=C\C/C=C\CCC(=O)OC(COC(=O)CCCCCCCCCCCC)COP(=O)(O)OC1C(O)C(O)C(O)C(O)C1O. The molecule has 0 aliphatic heterocycles. The molecule has 0 saturated heterocycles. The van der Waals surface area contributed by atoms with Crippen LogP contribution in [-0.2, 0) is 32.7 Å². The van der Waals surface area contributed by atoms with Crippen LogP contribution in [0, 0.1) is 0 Å². The summed E-state index contributed by atoms with van der Waals surface area (Å²) in [4.78, 5) is 35.3. The van der Waals surface area contributed by atoms with Gasteiger partial charge in [0, 0.05) is 12.8 Å². The van der Waals surface area contributed by atoms with Crippen molar-refractivity contribution in [1.29, 1.82) is 0 Å². The van der Waals surface area contributed by atoms with Crippen molar-refractivity contribution in [3.8, 4) is 0 Å². The van der Waals surface area contributed by atoms with Crippen molar-refractivity contribution < 1.29 is 63.1 Å². The molecule has 1 aliphatic carbocycles. The van der Waals surface area contributed by atoms with E-state index in [1.54, 1.807) is 0 Å². The maximum atomic E-state index is 12.7. The van der Waals surface area contributed by atoms with Gasteiger partial charge in [-0.2, -0.15) is 0 Å². The molecule has 300 valence electrons. The summed E-state index contributed by atoms with van der Waals surface area (Å²) in [7, 11) is -5.12. The van der Waals surface area contributed by atoms with Gasteiger partial charge in [-0.15, -0.1) is 0 Å². The van der Waals surface area contributed by atoms with Crippen LogP contribution in [-0.4, -0.2) is 98.3 Å². The number of ether oxygens (including phenoxy) is 2. The number of hydrogen-bond acceptors (Lipinski definition) is 12. The van der Waals surface area contributed by atoms with Gasteiger partial charge in [0.1, 0.15) is 43.2 Å². The van der Waals surface area contributed by atoms with E-state index < -0.39 is 75.7 Å². The lowest BCUT2D eigenvalue weighted by molar-refractivity contribution is -0.220. The predicted octanol–water partition coefficient (Wildman–Crippen LogP) is 5.66. The highest BCUT2D eigenvalue weighted by molar-refractivity contribution is 7.47. The Balaban J connectivity index is 2.62. The summed E-state index contributed by atoms with van der Waals surface area (Å²) >= 11 is 0. The molecule has 0 aromatic heterocycles. The van der Waals surface area contributed by atoms with Gasteiger partial charge in [0.2, 0.25) is 0 Å². The molecule has 1 aliphatic rings. The number of carbonyl (C=O) groups excluding carboxylic acids is 2. The van der Waals surface area contributed by atoms with Crippen LogP contribution in [0.2, 0.25) is 0 Å². The molecule has 13 nitrogen and oxygen atoms in total. The van der Waals surface area contributed by atoms with E-state index in [4.69, 9.17) is 18.5 Å². The molecule has 6 atom stereocenters. The first kappa shape index (κ1) is 47.8. The monoisotopic (exact) mass is 760 g/mol. The molecule has 1 rings (SSSR count). The summed E-state index contributed by atoms with van der Waals surface area (Å²) in [5.41, 5.74) is 0. The summed E-state index contributed by atoms with van der Waals surface area (Å²) in [6.45, 7) is 3.05. The minimum atomic E-state index is -5.12. The molecule has 52 heavy (non-hydrogen) atoms. The fraction of sp³-hybridized carbons (Fsp3) is 0.737. The molecule has 0 aromatic rings. The van der Waals surface area contributed by atoms with Gasteiger partial charge in [0.15, 0.2) is 6.10 Å². The average Bonchev–Trinajstić information content (AvgIpc) is 3.12. The predicted molar refractivity (Wildman–Crippen MR) is 198 cm³/mol. The Morgan fingerprint density at radius 3 is 1.63 bits per heavy atom. The number of allylic oxidation sites excluding steroid dienone is 8. The maximum Gasteiger partial charge on any atom is 0.472 e. The van der Waals surface area contributed by atoms with Crippen molar-refractivity contribution in [2.45, 2.75) is 166 Å². The highest BCUT2D eigenvalue weighted by atomic mass is 31.2. The summed E-state index contributed by atoms with van der Waals surface area (Å²) in [5, 5.41) is 49.9. The normalized spacial score (nSPS) is 24.2. The van der Waals surface area contributed by atoms with E-state index in [1.807, 2.05) is 24.3 Å². The van der Waals surface area contributed by atoms with E-state index in [-0.39, 0.29) is 12.8 Å². The molecule has 6 unspecified atom stereocenters. The second kappa shape index (κ2) is 29.2. The Morgan fingerprint density at radius 1 is 0.615 bits per heavy atom. The lowest BCUT2D eigenvalue weighted by Crippen LogP contribution is -2.64. The largest absolute Gasteiger partial charge is 0.472 e. The zero-order valence-corrected chi connectivity index (χ0v) is 32.0. The van der Waals surface area contributed by atoms with Crippen molar-refractivity contribution >= 4 is 19.8 Å². The van der Waals surface area contributed by atoms with Crippen molar-refractivity contribution in [2.24, 2.45) is 0 Å². The number of aliphatic hydroxyl groups excluding tert-OH is 5. The zero-order valence-electron chi connectivity index (χ0n) is 31.1. The van der Waals surface area contributed by atoms with Gasteiger partial charge in [0.05, 0.1) is 6.61 Å². The average molecular weight is 761 g/mol. The van der Waals surface area contributed by atoms with Crippen LogP contribution in [0.1, 0.15) is 123 Å². The van der Waals surface area contributed by atoms with Gasteiger partial charge in [-0.3, -0.25) is 18.6 Å². The van der Waals surface area contributed by atoms with Gasteiger partial charge in [-0.25, -0.2) is 4.57 Å². The third-order valence-corrected chi connectivity index (χ3v) is 9.43. The van der Waals surface area contributed by atoms with E-state index in [2.05, 4.69) is 38.2 Å². The van der Waals surface area contributed by atoms with Crippen LogP contribution in [0.5, 0.6) is 0 Å². The maximum absolute atomic E-state index is 12.7. The van der Waals surface area contributed by atoms with Crippen LogP contribution in [0.3, 0.4) is 0 Å². The van der Waals surface area contributed by atoms with Crippen LogP contribution < -0.4 is 0 Å². The number of aliphatic hydroxyl groups is 5. The van der Waals surface area contributed by atoms with E-state index in [0.717, 1.165) is 38.5 Å². The Kier molecular flexibility index (Phi) is 26.9. The third kappa shape index (κ3) is 22.1. The number of esters is 2. The summed E-state index contributed by atoms with van der Waals surface area (Å²) in [6, 6.07) is 0. The molecule has 0 spiro atoms. The van der Waals surface area contributed by atoms with Crippen LogP contribution in [0.15, 0.2) is 48.6 Å². The highest BCUT2D eigenvalue weighted by Gasteiger charge is 2.51. The Morgan fingerprint density at radius 2 is 1.10 bits per heavy atom. The smallest absolute Gasteiger partial charge is 0.462 e. The minimum absolute atomic E-state index is 0.0247. The van der Waals surface area contributed by atoms with Crippen molar-refractivity contribution in [2.75, 3.05) is 13.2 Å². The second-order valence-electron chi connectivity index (χ2n) is 13.1. The first-order chi connectivity index (χ1) is 24.9. The molecule has 0 amide bonds. The molecule has 0 radical (unpaired) electrons. The van der Waals surface area contributed by atoms with E-state index in [9.17, 15) is 44.6 Å². The molecule has 14 heteroatoms. The number of phosphoric ester groups is 1. The molecule has 1 saturated carbocycles. The molecular weight excluding hydrogens is 695 g/mol. The standard InChI is InChI=1S/C38H65O13P/c1-3-5-7-9-11-13-15-16-17-19-21-23-25-27-32(40)50-30(28-48-31(39)26-24-22-20-18-14-12-10-8-6-4-2)29-49-52(46,47)51-38-36(44)34(42)33(41)35(43)37(38)45/h5,7,11,13,16-17,21,23,30,33-38,41-45H,3-4,6,8-10,12,14-15,18-20,22,24-29H2,1-2H3,(H,46,47)/b7-5-,13-11-,17-16-,23-21-. The first-order valence-corrected chi connectivity index (χ1v) is 20.4. The topological polar surface area (TPSA) is 210 Å². The summed E-state index contributed by atoms with van der Waals surface area (Å²) < 4.78 is 33.2. The number of carbonyl (C=O) groups is 2. The molecule has 6 N–H and O–H groups in total. The van der Waals surface area contributed by atoms with E-state index in [1.165, 1.54) is 38.5 Å². The third-order valence-electron chi connectivity index (χ3n) is 8.45. The van der Waals surface area contributed by atoms with Gasteiger partial charge >= 0.3 is 19.8 Å². The molecule has 0 aromatic carbocycles. The van der Waals surface area contributed by atoms with Crippen LogP contribution in [0.4, 0.5) is 0 Å². The van der Waals surface area contributed by atoms with E-state index in [0.29, 0.717) is 19.3 Å². The Bertz CT molecular complexity index is 1110. The number of unbranched alkanes of at least 4 members (excludes halogenated alkanes) is 9. The van der Waals surface area contributed by atoms with Crippen LogP contribution in [0.25, 0.3) is 0 Å². The van der Waals surface area contributed by atoms with E-state index >= 15 is 0 Å². The number of phosphoric acid groups is 1. The molecule has 0 bridgehead atoms. The van der Waals surface area contributed by atoms with Crippen molar-refractivity contribution in [3.63, 3.8) is 0 Å². The lowest BCUT2D eigenvalue weighted by atomic mass is 9.85. The zero-order chi connectivity index (χ0) is 38.6. The van der Waals surface area contributed by atoms with Crippen LogP contribution >= 0.6 is 7.82 Å². The number of hydrogen-bond donors (Lipinski definition) is 6. The Hall–Kier alpha value is -2.19. The van der Waals surface area contributed by atoms with Gasteiger partial charge < -0.3 is 39.9 Å². The van der Waals surface area contributed by atoms with Gasteiger partial charge in [-0.1, -0.05) is 120 Å². The van der Waals surface area contributed by atoms with Gasteiger partial charge in [0.25, 0.3) is 0 Å². The second-order valence-corrected chi connectivity index (χ2v) is 14.5. The molecule has 1 fully saturated rings.